The van der Waals surface area contributed by atoms with Gasteiger partial charge in [0.2, 0.25) is 5.88 Å². The van der Waals surface area contributed by atoms with Crippen molar-refractivity contribution < 1.29 is 4.74 Å². The lowest BCUT2D eigenvalue weighted by molar-refractivity contribution is 0.398. The van der Waals surface area contributed by atoms with E-state index in [9.17, 15) is 0 Å². The number of methoxy groups -OCH3 is 1. The number of hydrogen-bond donors (Lipinski definition) is 1. The lowest BCUT2D eigenvalue weighted by Crippen LogP contribution is -1.93. The minimum atomic E-state index is 0.637. The predicted octanol–water partition coefficient (Wildman–Crippen LogP) is 2.00. The molecule has 2 rings (SSSR count). The van der Waals surface area contributed by atoms with E-state index >= 15 is 0 Å². The standard InChI is InChI=1S/C9H11N3OS/c1-5-4-10-7-6(5)8(13-2)12-9(11-7)14-3/h4H,1-3H3,(H,10,11,12). The Bertz CT molecular complexity index is 466. The first-order chi connectivity index (χ1) is 6.76. The Kier molecular flexibility index (Phi) is 2.33. The number of thioether (sulfide) groups is 1. The normalized spacial score (nSPS) is 10.8. The van der Waals surface area contributed by atoms with Crippen LogP contribution >= 0.6 is 11.8 Å². The molecule has 0 atom stereocenters. The predicted molar refractivity (Wildman–Crippen MR) is 57.0 cm³/mol. The van der Waals surface area contributed by atoms with Crippen LogP contribution < -0.4 is 4.74 Å². The molecule has 0 bridgehead atoms. The van der Waals surface area contributed by atoms with Crippen molar-refractivity contribution in [3.05, 3.63) is 11.8 Å². The molecule has 74 valence electrons. The number of fused-ring (bicyclic) bond motifs is 1. The van der Waals surface area contributed by atoms with E-state index in [1.165, 1.54) is 11.8 Å². The molecule has 1 N–H and O–H groups in total. The fraction of sp³-hybridized carbons (Fsp3) is 0.333. The van der Waals surface area contributed by atoms with Crippen molar-refractivity contribution in [3.63, 3.8) is 0 Å². The molecule has 0 saturated carbocycles. The van der Waals surface area contributed by atoms with Crippen LogP contribution in [0.15, 0.2) is 11.4 Å². The maximum atomic E-state index is 5.22. The zero-order valence-corrected chi connectivity index (χ0v) is 9.10. The number of nitrogens with one attached hydrogen (secondary N) is 1. The van der Waals surface area contributed by atoms with Gasteiger partial charge in [0.1, 0.15) is 5.65 Å². The third-order valence-electron chi connectivity index (χ3n) is 2.05. The SMILES string of the molecule is COc1nc(SC)nc2[nH]cc(C)c12. The molecule has 0 amide bonds. The highest BCUT2D eigenvalue weighted by molar-refractivity contribution is 7.98. The summed E-state index contributed by atoms with van der Waals surface area (Å²) in [4.78, 5) is 11.7. The molecule has 0 saturated heterocycles. The molecular formula is C9H11N3OS. The summed E-state index contributed by atoms with van der Waals surface area (Å²) in [6.45, 7) is 2.00. The molecule has 2 aromatic heterocycles. The molecule has 2 aromatic rings. The molecule has 0 aliphatic heterocycles. The fourth-order valence-corrected chi connectivity index (χ4v) is 1.73. The second-order valence-electron chi connectivity index (χ2n) is 2.91. The van der Waals surface area contributed by atoms with E-state index in [1.807, 2.05) is 19.4 Å². The van der Waals surface area contributed by atoms with Crippen LogP contribution in [0.5, 0.6) is 5.88 Å². The number of H-pyrrole nitrogens is 1. The average Bonchev–Trinajstić information content (AvgIpc) is 2.59. The molecule has 0 aliphatic carbocycles. The summed E-state index contributed by atoms with van der Waals surface area (Å²) in [5.41, 5.74) is 1.93. The molecule has 0 unspecified atom stereocenters. The number of aromatic amines is 1. The van der Waals surface area contributed by atoms with E-state index in [0.29, 0.717) is 5.88 Å². The second-order valence-corrected chi connectivity index (χ2v) is 3.69. The summed E-state index contributed by atoms with van der Waals surface area (Å²) < 4.78 is 5.22. The first kappa shape index (κ1) is 9.33. The van der Waals surface area contributed by atoms with Gasteiger partial charge in [-0.2, -0.15) is 4.98 Å². The van der Waals surface area contributed by atoms with Crippen LogP contribution in [0.3, 0.4) is 0 Å². The summed E-state index contributed by atoms with van der Waals surface area (Å²) >= 11 is 1.50. The Morgan fingerprint density at radius 2 is 2.21 bits per heavy atom. The Hall–Kier alpha value is -1.23. The number of ether oxygens (including phenoxy) is 1. The van der Waals surface area contributed by atoms with Gasteiger partial charge in [-0.25, -0.2) is 4.98 Å². The molecule has 0 aliphatic rings. The van der Waals surface area contributed by atoms with Crippen LogP contribution in [0.4, 0.5) is 0 Å². The molecule has 0 spiro atoms. The fourth-order valence-electron chi connectivity index (χ4n) is 1.37. The van der Waals surface area contributed by atoms with Gasteiger partial charge in [-0.3, -0.25) is 0 Å². The van der Waals surface area contributed by atoms with E-state index in [2.05, 4.69) is 15.0 Å². The van der Waals surface area contributed by atoms with Gasteiger partial charge in [0, 0.05) is 6.20 Å². The summed E-state index contributed by atoms with van der Waals surface area (Å²) in [7, 11) is 1.62. The maximum absolute atomic E-state index is 5.22. The molecular weight excluding hydrogens is 198 g/mol. The van der Waals surface area contributed by atoms with Gasteiger partial charge in [-0.05, 0) is 18.7 Å². The molecule has 0 aromatic carbocycles. The Morgan fingerprint density at radius 3 is 2.86 bits per heavy atom. The van der Waals surface area contributed by atoms with E-state index in [1.54, 1.807) is 7.11 Å². The van der Waals surface area contributed by atoms with Gasteiger partial charge < -0.3 is 9.72 Å². The lowest BCUT2D eigenvalue weighted by atomic mass is 10.3. The van der Waals surface area contributed by atoms with Crippen LogP contribution in [0.1, 0.15) is 5.56 Å². The molecule has 2 heterocycles. The minimum Gasteiger partial charge on any atom is -0.480 e. The van der Waals surface area contributed by atoms with E-state index in [0.717, 1.165) is 21.8 Å². The van der Waals surface area contributed by atoms with Gasteiger partial charge in [0.15, 0.2) is 5.16 Å². The Morgan fingerprint density at radius 1 is 1.43 bits per heavy atom. The summed E-state index contributed by atoms with van der Waals surface area (Å²) in [5.74, 6) is 0.637. The van der Waals surface area contributed by atoms with Gasteiger partial charge in [-0.15, -0.1) is 0 Å². The number of aryl methyl sites for hydroxylation is 1. The van der Waals surface area contributed by atoms with Crippen LogP contribution in [0, 0.1) is 6.92 Å². The van der Waals surface area contributed by atoms with Crippen LogP contribution in [0.25, 0.3) is 11.0 Å². The lowest BCUT2D eigenvalue weighted by Gasteiger charge is -2.02. The van der Waals surface area contributed by atoms with E-state index < -0.39 is 0 Å². The monoisotopic (exact) mass is 209 g/mol. The van der Waals surface area contributed by atoms with Crippen LogP contribution in [-0.2, 0) is 0 Å². The molecule has 4 nitrogen and oxygen atoms in total. The van der Waals surface area contributed by atoms with E-state index in [-0.39, 0.29) is 0 Å². The van der Waals surface area contributed by atoms with Gasteiger partial charge in [-0.1, -0.05) is 11.8 Å². The van der Waals surface area contributed by atoms with Crippen molar-refractivity contribution >= 4 is 22.8 Å². The highest BCUT2D eigenvalue weighted by Crippen LogP contribution is 2.27. The van der Waals surface area contributed by atoms with Crippen molar-refractivity contribution in [2.24, 2.45) is 0 Å². The largest absolute Gasteiger partial charge is 0.480 e. The summed E-state index contributed by atoms with van der Waals surface area (Å²) in [5, 5.41) is 1.68. The molecule has 14 heavy (non-hydrogen) atoms. The number of nitrogens with zero attached hydrogens (tertiary/aromatic N) is 2. The minimum absolute atomic E-state index is 0.637. The first-order valence-electron chi connectivity index (χ1n) is 4.20. The Labute approximate surface area is 86.1 Å². The second kappa shape index (κ2) is 3.49. The van der Waals surface area contributed by atoms with Gasteiger partial charge in [0.05, 0.1) is 12.5 Å². The van der Waals surface area contributed by atoms with Crippen molar-refractivity contribution in [1.29, 1.82) is 0 Å². The van der Waals surface area contributed by atoms with Crippen LogP contribution in [-0.4, -0.2) is 28.3 Å². The maximum Gasteiger partial charge on any atom is 0.227 e. The van der Waals surface area contributed by atoms with Crippen molar-refractivity contribution in [3.8, 4) is 5.88 Å². The molecule has 0 radical (unpaired) electrons. The van der Waals surface area contributed by atoms with Crippen molar-refractivity contribution in [2.45, 2.75) is 12.1 Å². The number of aromatic nitrogens is 3. The zero-order chi connectivity index (χ0) is 10.1. The van der Waals surface area contributed by atoms with Crippen molar-refractivity contribution in [2.75, 3.05) is 13.4 Å². The van der Waals surface area contributed by atoms with Gasteiger partial charge >= 0.3 is 0 Å². The summed E-state index contributed by atoms with van der Waals surface area (Å²) in [6.07, 6.45) is 3.85. The number of hydrogen-bond acceptors (Lipinski definition) is 4. The quantitative estimate of drug-likeness (QED) is 0.607. The third kappa shape index (κ3) is 1.33. The molecule has 5 heteroatoms. The van der Waals surface area contributed by atoms with Crippen LogP contribution in [0.2, 0.25) is 0 Å². The zero-order valence-electron chi connectivity index (χ0n) is 8.29. The van der Waals surface area contributed by atoms with Gasteiger partial charge in [0.25, 0.3) is 0 Å². The highest BCUT2D eigenvalue weighted by atomic mass is 32.2. The smallest absolute Gasteiger partial charge is 0.227 e. The van der Waals surface area contributed by atoms with E-state index in [4.69, 9.17) is 4.74 Å². The first-order valence-corrected chi connectivity index (χ1v) is 5.42. The topological polar surface area (TPSA) is 50.8 Å². The third-order valence-corrected chi connectivity index (χ3v) is 2.60. The number of rotatable bonds is 2. The highest BCUT2D eigenvalue weighted by Gasteiger charge is 2.10. The van der Waals surface area contributed by atoms with Crippen molar-refractivity contribution in [1.82, 2.24) is 15.0 Å². The summed E-state index contributed by atoms with van der Waals surface area (Å²) in [6, 6.07) is 0. The Balaban J connectivity index is 2.76. The molecule has 0 fully saturated rings. The average molecular weight is 209 g/mol.